The highest BCUT2D eigenvalue weighted by molar-refractivity contribution is 7.19. The number of rotatable bonds is 6. The summed E-state index contributed by atoms with van der Waals surface area (Å²) in [4.78, 5) is 5.14. The lowest BCUT2D eigenvalue weighted by molar-refractivity contribution is 1.18. The fourth-order valence-corrected chi connectivity index (χ4v) is 8.57. The molecule has 0 bridgehead atoms. The SMILES string of the molecule is c1ccc(-c2ccc3c(c2)c2cc(-c4ccc(-c5ccccc5)s4)ccc2n3-c2ccc(-c3ccc(-c4ccccc4)s3)cc2)cc1. The van der Waals surface area contributed by atoms with Crippen LogP contribution in [-0.4, -0.2) is 4.57 Å². The van der Waals surface area contributed by atoms with Crippen molar-refractivity contribution in [1.82, 2.24) is 4.57 Å². The molecule has 0 aliphatic rings. The van der Waals surface area contributed by atoms with Crippen LogP contribution in [0.1, 0.15) is 0 Å². The van der Waals surface area contributed by atoms with Gasteiger partial charge in [-0.2, -0.15) is 0 Å². The standard InChI is InChI=1S/C44H29NS2/c1-4-10-30(11-5-1)34-18-22-39-37(28-34)38-29-35(44-27-26-42(47-44)32-14-8-3-9-15-32)19-23-40(38)45(39)36-20-16-33(17-21-36)43-25-24-41(46-43)31-12-6-2-7-13-31/h1-29H. The van der Waals surface area contributed by atoms with Crippen molar-refractivity contribution in [2.45, 2.75) is 0 Å². The lowest BCUT2D eigenvalue weighted by atomic mass is 10.0. The Morgan fingerprint density at radius 1 is 0.298 bits per heavy atom. The molecule has 0 N–H and O–H groups in total. The summed E-state index contributed by atoms with van der Waals surface area (Å²) >= 11 is 3.69. The van der Waals surface area contributed by atoms with E-state index in [4.69, 9.17) is 0 Å². The van der Waals surface area contributed by atoms with Crippen LogP contribution in [0.2, 0.25) is 0 Å². The molecule has 3 heteroatoms. The second kappa shape index (κ2) is 11.7. The average molecular weight is 636 g/mol. The van der Waals surface area contributed by atoms with E-state index in [2.05, 4.69) is 180 Å². The first kappa shape index (κ1) is 27.8. The normalized spacial score (nSPS) is 11.4. The average Bonchev–Trinajstić information content (AvgIpc) is 3.91. The van der Waals surface area contributed by atoms with E-state index in [9.17, 15) is 0 Å². The van der Waals surface area contributed by atoms with Gasteiger partial charge in [0.15, 0.2) is 0 Å². The van der Waals surface area contributed by atoms with Crippen LogP contribution < -0.4 is 0 Å². The van der Waals surface area contributed by atoms with Crippen LogP contribution in [0, 0.1) is 0 Å². The number of hydrogen-bond donors (Lipinski definition) is 0. The maximum absolute atomic E-state index is 2.42. The van der Waals surface area contributed by atoms with Gasteiger partial charge < -0.3 is 4.57 Å². The van der Waals surface area contributed by atoms with Crippen molar-refractivity contribution >= 4 is 44.5 Å². The van der Waals surface area contributed by atoms with E-state index in [0.717, 1.165) is 5.69 Å². The zero-order chi connectivity index (χ0) is 31.2. The molecule has 222 valence electrons. The third kappa shape index (κ3) is 5.11. The van der Waals surface area contributed by atoms with Gasteiger partial charge in [-0.1, -0.05) is 115 Å². The molecule has 0 aliphatic carbocycles. The van der Waals surface area contributed by atoms with Crippen molar-refractivity contribution in [2.24, 2.45) is 0 Å². The third-order valence-corrected chi connectivity index (χ3v) is 11.3. The highest BCUT2D eigenvalue weighted by Gasteiger charge is 2.16. The Balaban J connectivity index is 1.16. The van der Waals surface area contributed by atoms with Crippen molar-refractivity contribution in [2.75, 3.05) is 0 Å². The van der Waals surface area contributed by atoms with Crippen LogP contribution in [0.15, 0.2) is 176 Å². The summed E-state index contributed by atoms with van der Waals surface area (Å²) in [6.07, 6.45) is 0. The molecule has 0 amide bonds. The fourth-order valence-electron chi connectivity index (χ4n) is 6.54. The van der Waals surface area contributed by atoms with Gasteiger partial charge in [0, 0.05) is 36.0 Å². The van der Waals surface area contributed by atoms with E-state index in [-0.39, 0.29) is 0 Å². The van der Waals surface area contributed by atoms with E-state index < -0.39 is 0 Å². The second-order valence-corrected chi connectivity index (χ2v) is 13.9. The molecule has 9 rings (SSSR count). The summed E-state index contributed by atoms with van der Waals surface area (Å²) in [6, 6.07) is 63.8. The molecule has 0 radical (unpaired) electrons. The van der Waals surface area contributed by atoms with Gasteiger partial charge in [-0.05, 0) is 94.0 Å². The molecule has 0 fully saturated rings. The molecule has 3 heterocycles. The van der Waals surface area contributed by atoms with Gasteiger partial charge in [-0.3, -0.25) is 0 Å². The minimum atomic E-state index is 1.16. The minimum absolute atomic E-state index is 1.16. The molecule has 0 unspecified atom stereocenters. The quantitative estimate of drug-likeness (QED) is 0.171. The molecule has 0 saturated carbocycles. The fraction of sp³-hybridized carbons (Fsp3) is 0. The van der Waals surface area contributed by atoms with Crippen LogP contribution in [-0.2, 0) is 0 Å². The predicted molar refractivity (Wildman–Crippen MR) is 204 cm³/mol. The van der Waals surface area contributed by atoms with Crippen molar-refractivity contribution in [1.29, 1.82) is 0 Å². The smallest absolute Gasteiger partial charge is 0.0541 e. The van der Waals surface area contributed by atoms with Crippen molar-refractivity contribution in [3.05, 3.63) is 176 Å². The van der Waals surface area contributed by atoms with E-state index in [1.165, 1.54) is 74.7 Å². The lowest BCUT2D eigenvalue weighted by Crippen LogP contribution is -1.93. The Kier molecular flexibility index (Phi) is 6.93. The third-order valence-electron chi connectivity index (χ3n) is 8.90. The molecule has 0 aliphatic heterocycles. The van der Waals surface area contributed by atoms with E-state index in [0.29, 0.717) is 0 Å². The highest BCUT2D eigenvalue weighted by atomic mass is 32.1. The summed E-state index contributed by atoms with van der Waals surface area (Å²) in [6.45, 7) is 0. The first-order valence-electron chi connectivity index (χ1n) is 15.8. The molecule has 3 aromatic heterocycles. The van der Waals surface area contributed by atoms with Crippen molar-refractivity contribution < 1.29 is 0 Å². The minimum Gasteiger partial charge on any atom is -0.309 e. The number of nitrogens with zero attached hydrogens (tertiary/aromatic N) is 1. The predicted octanol–water partition coefficient (Wildman–Crippen LogP) is 13.2. The number of thiophene rings is 2. The first-order valence-corrected chi connectivity index (χ1v) is 17.5. The number of fused-ring (bicyclic) bond motifs is 3. The molecule has 0 saturated heterocycles. The van der Waals surface area contributed by atoms with E-state index in [1.807, 2.05) is 22.7 Å². The number of aromatic nitrogens is 1. The van der Waals surface area contributed by atoms with Gasteiger partial charge >= 0.3 is 0 Å². The van der Waals surface area contributed by atoms with Gasteiger partial charge in [-0.15, -0.1) is 22.7 Å². The maximum atomic E-state index is 2.42. The zero-order valence-corrected chi connectivity index (χ0v) is 27.1. The monoisotopic (exact) mass is 635 g/mol. The Morgan fingerprint density at radius 3 is 1.19 bits per heavy atom. The molecule has 0 spiro atoms. The van der Waals surface area contributed by atoms with Crippen LogP contribution in [0.5, 0.6) is 0 Å². The number of hydrogen-bond acceptors (Lipinski definition) is 2. The summed E-state index contributed by atoms with van der Waals surface area (Å²) in [5.74, 6) is 0. The number of benzene rings is 6. The Bertz CT molecular complexity index is 2480. The van der Waals surface area contributed by atoms with Gasteiger partial charge in [0.05, 0.1) is 11.0 Å². The van der Waals surface area contributed by atoms with E-state index in [1.54, 1.807) is 0 Å². The summed E-state index contributed by atoms with van der Waals surface area (Å²) in [5, 5.41) is 2.53. The molecule has 0 atom stereocenters. The van der Waals surface area contributed by atoms with Gasteiger partial charge in [0.2, 0.25) is 0 Å². The van der Waals surface area contributed by atoms with Gasteiger partial charge in [0.1, 0.15) is 0 Å². The van der Waals surface area contributed by atoms with Gasteiger partial charge in [-0.25, -0.2) is 0 Å². The molecule has 47 heavy (non-hydrogen) atoms. The Hall–Kier alpha value is -5.48. The largest absolute Gasteiger partial charge is 0.309 e. The molecular weight excluding hydrogens is 607 g/mol. The van der Waals surface area contributed by atoms with Crippen LogP contribution >= 0.6 is 22.7 Å². The van der Waals surface area contributed by atoms with E-state index >= 15 is 0 Å². The Labute approximate surface area is 282 Å². The summed E-state index contributed by atoms with van der Waals surface area (Å²) in [7, 11) is 0. The lowest BCUT2D eigenvalue weighted by Gasteiger charge is -2.10. The first-order chi connectivity index (χ1) is 23.3. The van der Waals surface area contributed by atoms with Crippen LogP contribution in [0.25, 0.3) is 80.4 Å². The topological polar surface area (TPSA) is 4.93 Å². The van der Waals surface area contributed by atoms with Crippen LogP contribution in [0.3, 0.4) is 0 Å². The second-order valence-electron chi connectivity index (χ2n) is 11.8. The molecular formula is C44H29NS2. The maximum Gasteiger partial charge on any atom is 0.0541 e. The highest BCUT2D eigenvalue weighted by Crippen LogP contribution is 2.41. The zero-order valence-electron chi connectivity index (χ0n) is 25.5. The van der Waals surface area contributed by atoms with Crippen LogP contribution in [0.4, 0.5) is 0 Å². The molecule has 9 aromatic rings. The van der Waals surface area contributed by atoms with Crippen molar-refractivity contribution in [3.8, 4) is 58.6 Å². The summed E-state index contributed by atoms with van der Waals surface area (Å²) < 4.78 is 2.42. The Morgan fingerprint density at radius 2 is 0.681 bits per heavy atom. The molecule has 6 aromatic carbocycles. The molecule has 1 nitrogen and oxygen atoms in total. The summed E-state index contributed by atoms with van der Waals surface area (Å²) in [5.41, 5.74) is 11.1. The van der Waals surface area contributed by atoms with Gasteiger partial charge in [0.25, 0.3) is 0 Å². The van der Waals surface area contributed by atoms with Crippen molar-refractivity contribution in [3.63, 3.8) is 0 Å².